The van der Waals surface area contributed by atoms with Gasteiger partial charge >= 0.3 is 0 Å². The van der Waals surface area contributed by atoms with E-state index in [0.717, 1.165) is 12.8 Å². The van der Waals surface area contributed by atoms with Crippen molar-refractivity contribution in [3.05, 3.63) is 0 Å². The van der Waals surface area contributed by atoms with Crippen LogP contribution in [0.2, 0.25) is 18.1 Å². The largest absolute Gasteiger partial charge is 0.414 e. The SMILES string of the molecule is CC(C)(C)[Si](C)(C)OCCOC1(CO)CC1. The average molecular weight is 246 g/mol. The predicted octanol–water partition coefficient (Wildman–Crippen LogP) is 2.55. The third kappa shape index (κ3) is 3.55. The summed E-state index contributed by atoms with van der Waals surface area (Å²) in [6.07, 6.45) is 1.98. The highest BCUT2D eigenvalue weighted by Gasteiger charge is 2.43. The van der Waals surface area contributed by atoms with Crippen LogP contribution in [0, 0.1) is 0 Å². The predicted molar refractivity (Wildman–Crippen MR) is 68.2 cm³/mol. The van der Waals surface area contributed by atoms with Gasteiger partial charge in [0.05, 0.1) is 25.4 Å². The van der Waals surface area contributed by atoms with Crippen molar-refractivity contribution in [3.63, 3.8) is 0 Å². The topological polar surface area (TPSA) is 38.7 Å². The van der Waals surface area contributed by atoms with Crippen molar-refractivity contribution in [1.82, 2.24) is 0 Å². The van der Waals surface area contributed by atoms with Crippen LogP contribution >= 0.6 is 0 Å². The van der Waals surface area contributed by atoms with E-state index < -0.39 is 8.32 Å². The van der Waals surface area contributed by atoms with E-state index in [1.54, 1.807) is 0 Å². The monoisotopic (exact) mass is 246 g/mol. The molecule has 3 nitrogen and oxygen atoms in total. The molecule has 0 aromatic carbocycles. The Balaban J connectivity index is 2.20. The van der Waals surface area contributed by atoms with Crippen LogP contribution in [0.5, 0.6) is 0 Å². The maximum absolute atomic E-state index is 9.09. The molecular formula is C12H26O3Si. The zero-order valence-electron chi connectivity index (χ0n) is 11.3. The molecule has 1 rings (SSSR count). The van der Waals surface area contributed by atoms with Gasteiger partial charge in [0.2, 0.25) is 0 Å². The second-order valence-corrected chi connectivity index (χ2v) is 11.1. The summed E-state index contributed by atoms with van der Waals surface area (Å²) in [5.74, 6) is 0. The van der Waals surface area contributed by atoms with E-state index in [-0.39, 0.29) is 17.2 Å². The lowest BCUT2D eigenvalue weighted by molar-refractivity contribution is -0.0199. The number of aliphatic hydroxyl groups is 1. The third-order valence-electron chi connectivity index (χ3n) is 3.86. The summed E-state index contributed by atoms with van der Waals surface area (Å²) in [7, 11) is -1.63. The summed E-state index contributed by atoms with van der Waals surface area (Å²) in [6.45, 7) is 12.6. The van der Waals surface area contributed by atoms with Crippen LogP contribution in [0.3, 0.4) is 0 Å². The first-order chi connectivity index (χ1) is 7.22. The molecule has 1 aliphatic rings. The molecule has 96 valence electrons. The van der Waals surface area contributed by atoms with Gasteiger partial charge in [0, 0.05) is 0 Å². The molecule has 0 radical (unpaired) electrons. The van der Waals surface area contributed by atoms with E-state index in [9.17, 15) is 0 Å². The molecule has 0 aromatic rings. The van der Waals surface area contributed by atoms with E-state index in [1.165, 1.54) is 0 Å². The summed E-state index contributed by atoms with van der Waals surface area (Å²) in [6, 6.07) is 0. The maximum atomic E-state index is 9.09. The van der Waals surface area contributed by atoms with Crippen LogP contribution < -0.4 is 0 Å². The number of hydrogen-bond acceptors (Lipinski definition) is 3. The molecule has 16 heavy (non-hydrogen) atoms. The van der Waals surface area contributed by atoms with Gasteiger partial charge in [-0.15, -0.1) is 0 Å². The Morgan fingerprint density at radius 2 is 1.75 bits per heavy atom. The van der Waals surface area contributed by atoms with Crippen LogP contribution in [0.15, 0.2) is 0 Å². The Kier molecular flexibility index (Phi) is 4.22. The fraction of sp³-hybridized carbons (Fsp3) is 1.00. The molecule has 0 saturated heterocycles. The van der Waals surface area contributed by atoms with Crippen molar-refractivity contribution in [3.8, 4) is 0 Å². The second-order valence-electron chi connectivity index (χ2n) is 6.30. The van der Waals surface area contributed by atoms with Crippen LogP contribution in [0.1, 0.15) is 33.6 Å². The van der Waals surface area contributed by atoms with Crippen LogP contribution in [-0.2, 0) is 9.16 Å². The zero-order chi connectivity index (χ0) is 12.4. The van der Waals surface area contributed by atoms with Crippen LogP contribution in [0.25, 0.3) is 0 Å². The number of rotatable bonds is 6. The summed E-state index contributed by atoms with van der Waals surface area (Å²) >= 11 is 0. The normalized spacial score (nSPS) is 19.9. The molecule has 0 aliphatic heterocycles. The summed E-state index contributed by atoms with van der Waals surface area (Å²) in [5, 5.41) is 9.34. The molecule has 0 unspecified atom stereocenters. The van der Waals surface area contributed by atoms with Gasteiger partial charge in [-0.3, -0.25) is 0 Å². The molecule has 1 aliphatic carbocycles. The lowest BCUT2D eigenvalue weighted by Gasteiger charge is -2.36. The molecule has 1 N–H and O–H groups in total. The lowest BCUT2D eigenvalue weighted by atomic mass is 10.2. The average Bonchev–Trinajstić information content (AvgIpc) is 2.91. The molecule has 0 bridgehead atoms. The molecule has 1 saturated carbocycles. The van der Waals surface area contributed by atoms with Gasteiger partial charge in [-0.05, 0) is 31.0 Å². The highest BCUT2D eigenvalue weighted by Crippen LogP contribution is 2.39. The van der Waals surface area contributed by atoms with Crippen LogP contribution in [-0.4, -0.2) is 38.8 Å². The van der Waals surface area contributed by atoms with E-state index in [0.29, 0.717) is 13.2 Å². The van der Waals surface area contributed by atoms with Crippen molar-refractivity contribution in [1.29, 1.82) is 0 Å². The van der Waals surface area contributed by atoms with Gasteiger partial charge < -0.3 is 14.3 Å². The minimum Gasteiger partial charge on any atom is -0.414 e. The van der Waals surface area contributed by atoms with Crippen molar-refractivity contribution >= 4 is 8.32 Å². The van der Waals surface area contributed by atoms with Crippen molar-refractivity contribution in [2.24, 2.45) is 0 Å². The molecule has 0 spiro atoms. The fourth-order valence-corrected chi connectivity index (χ4v) is 2.29. The van der Waals surface area contributed by atoms with Crippen molar-refractivity contribution in [2.45, 2.75) is 57.3 Å². The molecule has 0 heterocycles. The van der Waals surface area contributed by atoms with Crippen molar-refractivity contribution in [2.75, 3.05) is 19.8 Å². The molecule has 4 heteroatoms. The molecular weight excluding hydrogens is 220 g/mol. The van der Waals surface area contributed by atoms with Gasteiger partial charge in [-0.2, -0.15) is 0 Å². The second kappa shape index (κ2) is 4.76. The van der Waals surface area contributed by atoms with Gasteiger partial charge in [0.15, 0.2) is 8.32 Å². The Bertz CT molecular complexity index is 229. The quantitative estimate of drug-likeness (QED) is 0.578. The highest BCUT2D eigenvalue weighted by molar-refractivity contribution is 6.74. The minimum absolute atomic E-state index is 0.146. The smallest absolute Gasteiger partial charge is 0.192 e. The number of hydrogen-bond donors (Lipinski definition) is 1. The Morgan fingerprint density at radius 3 is 2.12 bits per heavy atom. The Morgan fingerprint density at radius 1 is 1.19 bits per heavy atom. The van der Waals surface area contributed by atoms with Gasteiger partial charge in [-0.25, -0.2) is 0 Å². The van der Waals surface area contributed by atoms with E-state index in [4.69, 9.17) is 14.3 Å². The van der Waals surface area contributed by atoms with Crippen LogP contribution in [0.4, 0.5) is 0 Å². The van der Waals surface area contributed by atoms with E-state index in [2.05, 4.69) is 33.9 Å². The minimum atomic E-state index is -1.63. The van der Waals surface area contributed by atoms with Gasteiger partial charge in [0.25, 0.3) is 0 Å². The molecule has 0 aromatic heterocycles. The zero-order valence-corrected chi connectivity index (χ0v) is 12.3. The van der Waals surface area contributed by atoms with Crippen molar-refractivity contribution < 1.29 is 14.3 Å². The fourth-order valence-electron chi connectivity index (χ4n) is 1.26. The maximum Gasteiger partial charge on any atom is 0.192 e. The molecule has 0 amide bonds. The van der Waals surface area contributed by atoms with E-state index in [1.807, 2.05) is 0 Å². The number of ether oxygens (including phenoxy) is 1. The standard InChI is InChI=1S/C12H26O3Si/c1-11(2,3)16(4,5)15-9-8-14-12(10-13)6-7-12/h13H,6-10H2,1-5H3. The lowest BCUT2D eigenvalue weighted by Crippen LogP contribution is -2.41. The Hall–Kier alpha value is 0.0969. The number of aliphatic hydroxyl groups excluding tert-OH is 1. The molecule has 0 atom stereocenters. The summed E-state index contributed by atoms with van der Waals surface area (Å²) in [4.78, 5) is 0. The highest BCUT2D eigenvalue weighted by atomic mass is 28.4. The molecule has 1 fully saturated rings. The van der Waals surface area contributed by atoms with Gasteiger partial charge in [0.1, 0.15) is 0 Å². The summed E-state index contributed by atoms with van der Waals surface area (Å²) in [5.41, 5.74) is -0.212. The van der Waals surface area contributed by atoms with E-state index >= 15 is 0 Å². The first kappa shape index (κ1) is 14.2. The first-order valence-electron chi connectivity index (χ1n) is 6.11. The Labute approximate surface area is 100 Å². The summed E-state index contributed by atoms with van der Waals surface area (Å²) < 4.78 is 11.6. The third-order valence-corrected chi connectivity index (χ3v) is 8.39. The van der Waals surface area contributed by atoms with Gasteiger partial charge in [-0.1, -0.05) is 20.8 Å². The first-order valence-corrected chi connectivity index (χ1v) is 9.02.